The molecule has 4 nitrogen and oxygen atoms in total. The molecule has 1 aromatic rings. The Morgan fingerprint density at radius 3 is 2.44 bits per heavy atom. The van der Waals surface area contributed by atoms with Gasteiger partial charge in [-0.15, -0.1) is 6.58 Å². The van der Waals surface area contributed by atoms with E-state index in [0.717, 1.165) is 57.1 Å². The van der Waals surface area contributed by atoms with Gasteiger partial charge in [0.2, 0.25) is 0 Å². The van der Waals surface area contributed by atoms with Gasteiger partial charge in [-0.2, -0.15) is 0 Å². The fourth-order valence-electron chi connectivity index (χ4n) is 11.0. The molecule has 1 heterocycles. The Hall–Kier alpha value is -1.68. The van der Waals surface area contributed by atoms with E-state index in [2.05, 4.69) is 72.4 Å². The fraction of sp³-hybridized carbons (Fsp3) is 0.750. The zero-order valence-corrected chi connectivity index (χ0v) is 23.6. The van der Waals surface area contributed by atoms with Gasteiger partial charge >= 0.3 is 0 Å². The molecule has 2 N–H and O–H groups in total. The Bertz CT molecular complexity index is 1190. The molecule has 0 bridgehead atoms. The zero-order chi connectivity index (χ0) is 26.2. The van der Waals surface area contributed by atoms with Crippen LogP contribution in [0.3, 0.4) is 0 Å². The van der Waals surface area contributed by atoms with Crippen molar-refractivity contribution in [3.8, 4) is 0 Å². The fourth-order valence-corrected chi connectivity index (χ4v) is 11.0. The maximum atomic E-state index is 14.6. The molecular weight excluding hydrogens is 444 g/mol. The molecule has 36 heavy (non-hydrogen) atoms. The highest BCUT2D eigenvalue weighted by molar-refractivity contribution is 5.96. The van der Waals surface area contributed by atoms with Crippen LogP contribution in [-0.4, -0.2) is 16.5 Å². The standard InChI is InChI=1S/C32H46N2O2/c1-9-31-19-26(2,3)12-14-32(31,33)15-13-30(8)24(31)21(35)16-23-28(6)17-20-18-34-36-25(20)27(4,5)22(28)10-11-29(23,30)7/h9,16,18,22,24H,1,10-15,17,19,33H2,2-8H3/t22?,24-,28-,29+,30+,31-,32-/m0/s1. The lowest BCUT2D eigenvalue weighted by atomic mass is 9.32. The van der Waals surface area contributed by atoms with Crippen LogP contribution in [0.4, 0.5) is 0 Å². The van der Waals surface area contributed by atoms with Crippen molar-refractivity contribution in [1.82, 2.24) is 5.16 Å². The smallest absolute Gasteiger partial charge is 0.160 e. The van der Waals surface area contributed by atoms with Crippen LogP contribution in [0, 0.1) is 38.9 Å². The third kappa shape index (κ3) is 2.60. The number of nitrogens with two attached hydrogens (primary N) is 1. The number of fused-ring (bicyclic) bond motifs is 8. The predicted molar refractivity (Wildman–Crippen MR) is 143 cm³/mol. The number of hydrogen-bond donors (Lipinski definition) is 1. The number of hydrogen-bond acceptors (Lipinski definition) is 4. The van der Waals surface area contributed by atoms with Gasteiger partial charge in [0.05, 0.1) is 6.20 Å². The van der Waals surface area contributed by atoms with Gasteiger partial charge < -0.3 is 10.3 Å². The maximum Gasteiger partial charge on any atom is 0.160 e. The average molecular weight is 491 g/mol. The van der Waals surface area contributed by atoms with Crippen molar-refractivity contribution < 1.29 is 9.32 Å². The van der Waals surface area contributed by atoms with Gasteiger partial charge in [0.15, 0.2) is 5.78 Å². The van der Waals surface area contributed by atoms with Crippen molar-refractivity contribution in [2.75, 3.05) is 0 Å². The van der Waals surface area contributed by atoms with Crippen molar-refractivity contribution in [1.29, 1.82) is 0 Å². The molecule has 0 amide bonds. The number of carbonyl (C=O) groups is 1. The van der Waals surface area contributed by atoms with Gasteiger partial charge in [0.1, 0.15) is 5.76 Å². The van der Waals surface area contributed by atoms with E-state index in [1.54, 1.807) is 0 Å². The number of ketones is 1. The molecule has 0 aromatic carbocycles. The van der Waals surface area contributed by atoms with Gasteiger partial charge in [-0.1, -0.05) is 65.3 Å². The summed E-state index contributed by atoms with van der Waals surface area (Å²) < 4.78 is 5.81. The minimum atomic E-state index is -0.366. The number of allylic oxidation sites excluding steroid dienone is 2. The van der Waals surface area contributed by atoms with Crippen LogP contribution in [0.5, 0.6) is 0 Å². The Kier molecular flexibility index (Phi) is 4.68. The number of rotatable bonds is 1. The van der Waals surface area contributed by atoms with E-state index in [4.69, 9.17) is 10.3 Å². The monoisotopic (exact) mass is 490 g/mol. The third-order valence-corrected chi connectivity index (χ3v) is 13.0. The van der Waals surface area contributed by atoms with E-state index < -0.39 is 0 Å². The summed E-state index contributed by atoms with van der Waals surface area (Å²) in [4.78, 5) is 14.6. The lowest BCUT2D eigenvalue weighted by Crippen LogP contribution is -2.73. The van der Waals surface area contributed by atoms with Gasteiger partial charge in [-0.05, 0) is 85.0 Å². The second kappa shape index (κ2) is 6.84. The molecule has 7 atom stereocenters. The maximum absolute atomic E-state index is 14.6. The molecule has 196 valence electrons. The highest BCUT2D eigenvalue weighted by Crippen LogP contribution is 2.76. The summed E-state index contributed by atoms with van der Waals surface area (Å²) in [5.41, 5.74) is 8.94. The van der Waals surface area contributed by atoms with Gasteiger partial charge in [-0.25, -0.2) is 0 Å². The SMILES string of the molecule is C=C[C@@]12CC(C)(C)CC[C@]1(N)CC[C@]1(C)[C@@H]2C(=O)C=C2[C@@]3(C)Cc4cnoc4C(C)(C)C3CC[C@]21C. The molecular formula is C32H46N2O2. The van der Waals surface area contributed by atoms with Crippen molar-refractivity contribution in [3.63, 3.8) is 0 Å². The molecule has 1 aromatic heterocycles. The molecule has 1 unspecified atom stereocenters. The average Bonchev–Trinajstić information content (AvgIpc) is 3.25. The lowest BCUT2D eigenvalue weighted by molar-refractivity contribution is -0.175. The van der Waals surface area contributed by atoms with Crippen molar-refractivity contribution in [2.45, 2.75) is 111 Å². The van der Waals surface area contributed by atoms with Crippen molar-refractivity contribution in [2.24, 2.45) is 44.6 Å². The highest BCUT2D eigenvalue weighted by atomic mass is 16.5. The first kappa shape index (κ1) is 24.6. The molecule has 3 fully saturated rings. The third-order valence-electron chi connectivity index (χ3n) is 13.0. The first-order chi connectivity index (χ1) is 16.6. The zero-order valence-electron chi connectivity index (χ0n) is 23.6. The molecule has 0 radical (unpaired) electrons. The molecule has 5 aliphatic rings. The lowest BCUT2D eigenvalue weighted by Gasteiger charge is -2.72. The summed E-state index contributed by atoms with van der Waals surface area (Å²) in [6.45, 7) is 21.1. The van der Waals surface area contributed by atoms with E-state index in [0.29, 0.717) is 11.7 Å². The molecule has 4 heteroatoms. The van der Waals surface area contributed by atoms with E-state index in [9.17, 15) is 4.79 Å². The van der Waals surface area contributed by atoms with E-state index in [1.807, 2.05) is 6.20 Å². The summed E-state index contributed by atoms with van der Waals surface area (Å²) in [5, 5.41) is 4.20. The van der Waals surface area contributed by atoms with Crippen LogP contribution in [0.1, 0.15) is 105 Å². The Balaban J connectivity index is 1.55. The summed E-state index contributed by atoms with van der Waals surface area (Å²) in [6, 6.07) is 0. The van der Waals surface area contributed by atoms with E-state index in [-0.39, 0.29) is 43.9 Å². The van der Waals surface area contributed by atoms with Gasteiger partial charge in [-0.3, -0.25) is 4.79 Å². The van der Waals surface area contributed by atoms with Crippen LogP contribution in [0.15, 0.2) is 35.0 Å². The highest BCUT2D eigenvalue weighted by Gasteiger charge is 2.73. The molecule has 0 aliphatic heterocycles. The van der Waals surface area contributed by atoms with Crippen LogP contribution in [-0.2, 0) is 16.6 Å². The summed E-state index contributed by atoms with van der Waals surface area (Å²) in [6.07, 6.45) is 14.3. The quantitative estimate of drug-likeness (QED) is 0.433. The molecule has 0 saturated heterocycles. The Labute approximate surface area is 217 Å². The van der Waals surface area contributed by atoms with Crippen LogP contribution in [0.2, 0.25) is 0 Å². The first-order valence-electron chi connectivity index (χ1n) is 14.2. The number of nitrogens with zero attached hydrogens (tertiary/aromatic N) is 1. The summed E-state index contributed by atoms with van der Waals surface area (Å²) in [7, 11) is 0. The Morgan fingerprint density at radius 1 is 1.06 bits per heavy atom. The molecule has 5 aliphatic carbocycles. The second-order valence-corrected chi connectivity index (χ2v) is 15.5. The Morgan fingerprint density at radius 2 is 1.75 bits per heavy atom. The normalized spacial score (nSPS) is 48.4. The number of carbonyl (C=O) groups excluding carboxylic acids is 1. The van der Waals surface area contributed by atoms with Gasteiger partial charge in [0.25, 0.3) is 0 Å². The van der Waals surface area contributed by atoms with Crippen molar-refractivity contribution >= 4 is 5.78 Å². The minimum absolute atomic E-state index is 0.0551. The molecule has 0 spiro atoms. The van der Waals surface area contributed by atoms with E-state index in [1.165, 1.54) is 11.1 Å². The minimum Gasteiger partial charge on any atom is -0.361 e. The van der Waals surface area contributed by atoms with Crippen LogP contribution in [0.25, 0.3) is 0 Å². The van der Waals surface area contributed by atoms with Crippen LogP contribution < -0.4 is 5.73 Å². The number of aromatic nitrogens is 1. The summed E-state index contributed by atoms with van der Waals surface area (Å²) >= 11 is 0. The largest absolute Gasteiger partial charge is 0.361 e. The topological polar surface area (TPSA) is 69.1 Å². The first-order valence-corrected chi connectivity index (χ1v) is 14.2. The molecule has 6 rings (SSSR count). The van der Waals surface area contributed by atoms with E-state index >= 15 is 0 Å². The second-order valence-electron chi connectivity index (χ2n) is 15.5. The van der Waals surface area contributed by atoms with Crippen molar-refractivity contribution in [3.05, 3.63) is 41.8 Å². The molecule has 3 saturated carbocycles. The predicted octanol–water partition coefficient (Wildman–Crippen LogP) is 6.94. The van der Waals surface area contributed by atoms with Crippen LogP contribution >= 0.6 is 0 Å². The van der Waals surface area contributed by atoms with Gasteiger partial charge in [0, 0.05) is 27.9 Å². The summed E-state index contributed by atoms with van der Waals surface area (Å²) in [5.74, 6) is 1.64.